The number of aryl methyl sites for hydroxylation is 2. The van der Waals surface area contributed by atoms with Gasteiger partial charge < -0.3 is 5.11 Å². The predicted octanol–water partition coefficient (Wildman–Crippen LogP) is 2.43. The summed E-state index contributed by atoms with van der Waals surface area (Å²) in [6.07, 6.45) is 1.85. The van der Waals surface area contributed by atoms with Gasteiger partial charge in [0.05, 0.1) is 22.0 Å². The second-order valence-electron chi connectivity index (χ2n) is 5.40. The van der Waals surface area contributed by atoms with Crippen molar-refractivity contribution < 1.29 is 5.11 Å². The number of aliphatic hydroxyl groups is 1. The zero-order valence-corrected chi connectivity index (χ0v) is 13.7. The van der Waals surface area contributed by atoms with Crippen molar-refractivity contribution in [2.45, 2.75) is 52.8 Å². The highest BCUT2D eigenvalue weighted by molar-refractivity contribution is 9.10. The van der Waals surface area contributed by atoms with Gasteiger partial charge in [0.1, 0.15) is 0 Å². The van der Waals surface area contributed by atoms with Crippen LogP contribution in [-0.2, 0) is 19.5 Å². The molecule has 5 heteroatoms. The Labute approximate surface area is 123 Å². The lowest BCUT2D eigenvalue weighted by molar-refractivity contribution is 0.127. The second kappa shape index (κ2) is 6.37. The average molecular weight is 330 g/mol. The minimum atomic E-state index is -0.198. The van der Waals surface area contributed by atoms with Crippen LogP contribution < -0.4 is 0 Å². The van der Waals surface area contributed by atoms with Crippen LogP contribution in [-0.4, -0.2) is 39.0 Å². The van der Waals surface area contributed by atoms with Crippen LogP contribution in [0.4, 0.5) is 0 Å². The van der Waals surface area contributed by atoms with E-state index in [1.807, 2.05) is 6.92 Å². The summed E-state index contributed by atoms with van der Waals surface area (Å²) in [5.41, 5.74) is 2.41. The fourth-order valence-corrected chi connectivity index (χ4v) is 3.47. The molecule has 0 radical (unpaired) electrons. The first kappa shape index (κ1) is 15.0. The normalized spacial score (nSPS) is 22.1. The summed E-state index contributed by atoms with van der Waals surface area (Å²) in [6, 6.07) is 0. The molecular formula is C14H24BrN3O. The van der Waals surface area contributed by atoms with Crippen LogP contribution in [0.3, 0.4) is 0 Å². The van der Waals surface area contributed by atoms with E-state index in [4.69, 9.17) is 0 Å². The number of likely N-dealkylation sites (tertiary alicyclic amines) is 1. The highest BCUT2D eigenvalue weighted by atomic mass is 79.9. The van der Waals surface area contributed by atoms with E-state index in [1.165, 1.54) is 5.69 Å². The van der Waals surface area contributed by atoms with Gasteiger partial charge in [-0.3, -0.25) is 9.58 Å². The first-order valence-electron chi connectivity index (χ1n) is 7.21. The molecule has 0 saturated carbocycles. The molecule has 1 aromatic rings. The Balaban J connectivity index is 2.09. The maximum Gasteiger partial charge on any atom is 0.0767 e. The third kappa shape index (κ3) is 3.20. The van der Waals surface area contributed by atoms with Crippen molar-refractivity contribution in [3.05, 3.63) is 15.9 Å². The highest BCUT2D eigenvalue weighted by Crippen LogP contribution is 2.27. The first-order chi connectivity index (χ1) is 9.06. The number of hydrogen-bond acceptors (Lipinski definition) is 3. The van der Waals surface area contributed by atoms with E-state index < -0.39 is 0 Å². The third-order valence-corrected chi connectivity index (χ3v) is 4.97. The van der Waals surface area contributed by atoms with Gasteiger partial charge >= 0.3 is 0 Å². The Morgan fingerprint density at radius 1 is 1.47 bits per heavy atom. The van der Waals surface area contributed by atoms with Crippen molar-refractivity contribution in [3.63, 3.8) is 0 Å². The molecule has 2 atom stereocenters. The lowest BCUT2D eigenvalue weighted by atomic mass is 10.0. The maximum absolute atomic E-state index is 9.68. The van der Waals surface area contributed by atoms with E-state index in [2.05, 4.69) is 44.5 Å². The Hall–Kier alpha value is -0.390. The van der Waals surface area contributed by atoms with Gasteiger partial charge in [-0.25, -0.2) is 0 Å². The Bertz CT molecular complexity index is 431. The summed E-state index contributed by atoms with van der Waals surface area (Å²) >= 11 is 3.70. The van der Waals surface area contributed by atoms with Gasteiger partial charge in [0.25, 0.3) is 0 Å². The van der Waals surface area contributed by atoms with E-state index in [0.717, 1.165) is 49.2 Å². The van der Waals surface area contributed by atoms with Crippen molar-refractivity contribution in [2.75, 3.05) is 13.1 Å². The standard InChI is InChI=1S/C14H24BrN3O/c1-4-12-14(15)13(18(5-2)16-12)9-17-7-6-11(8-17)10(3)19/h10-11,19H,4-9H2,1-3H3. The third-order valence-electron chi connectivity index (χ3n) is 4.06. The minimum absolute atomic E-state index is 0.198. The molecule has 0 bridgehead atoms. The fourth-order valence-electron chi connectivity index (χ4n) is 2.78. The van der Waals surface area contributed by atoms with Crippen molar-refractivity contribution in [1.82, 2.24) is 14.7 Å². The lowest BCUT2D eigenvalue weighted by Gasteiger charge is -2.18. The van der Waals surface area contributed by atoms with Crippen molar-refractivity contribution in [1.29, 1.82) is 0 Å². The zero-order valence-electron chi connectivity index (χ0n) is 12.1. The molecule has 19 heavy (non-hydrogen) atoms. The Morgan fingerprint density at radius 3 is 2.74 bits per heavy atom. The number of halogens is 1. The van der Waals surface area contributed by atoms with E-state index in [-0.39, 0.29) is 6.10 Å². The SMILES string of the molecule is CCc1nn(CC)c(CN2CCC(C(C)O)C2)c1Br. The Kier molecular flexibility index (Phi) is 5.03. The topological polar surface area (TPSA) is 41.3 Å². The maximum atomic E-state index is 9.68. The van der Waals surface area contributed by atoms with Crippen molar-refractivity contribution in [3.8, 4) is 0 Å². The molecule has 1 N–H and O–H groups in total. The molecule has 1 saturated heterocycles. The second-order valence-corrected chi connectivity index (χ2v) is 6.19. The predicted molar refractivity (Wildman–Crippen MR) is 80.0 cm³/mol. The largest absolute Gasteiger partial charge is 0.393 e. The van der Waals surface area contributed by atoms with Crippen LogP contribution in [0.15, 0.2) is 4.47 Å². The lowest BCUT2D eigenvalue weighted by Crippen LogP contribution is -2.25. The van der Waals surface area contributed by atoms with Gasteiger partial charge in [0.2, 0.25) is 0 Å². The van der Waals surface area contributed by atoms with Crippen LogP contribution in [0, 0.1) is 5.92 Å². The van der Waals surface area contributed by atoms with Crippen LogP contribution in [0.2, 0.25) is 0 Å². The smallest absolute Gasteiger partial charge is 0.0767 e. The van der Waals surface area contributed by atoms with E-state index in [0.29, 0.717) is 5.92 Å². The summed E-state index contributed by atoms with van der Waals surface area (Å²) < 4.78 is 3.26. The van der Waals surface area contributed by atoms with Crippen molar-refractivity contribution in [2.24, 2.45) is 5.92 Å². The minimum Gasteiger partial charge on any atom is -0.393 e. The molecular weight excluding hydrogens is 306 g/mol. The molecule has 0 spiro atoms. The quantitative estimate of drug-likeness (QED) is 0.902. The number of nitrogens with zero attached hydrogens (tertiary/aromatic N) is 3. The van der Waals surface area contributed by atoms with Gasteiger partial charge in [0.15, 0.2) is 0 Å². The summed E-state index contributed by atoms with van der Waals surface area (Å²) in [6.45, 7) is 10.0. The van der Waals surface area contributed by atoms with Crippen molar-refractivity contribution >= 4 is 15.9 Å². The van der Waals surface area contributed by atoms with Gasteiger partial charge in [-0.05, 0) is 55.1 Å². The number of aliphatic hydroxyl groups excluding tert-OH is 1. The monoisotopic (exact) mass is 329 g/mol. The molecule has 4 nitrogen and oxygen atoms in total. The van der Waals surface area contributed by atoms with Crippen LogP contribution >= 0.6 is 15.9 Å². The molecule has 2 unspecified atom stereocenters. The highest BCUT2D eigenvalue weighted by Gasteiger charge is 2.27. The number of aromatic nitrogens is 2. The summed E-state index contributed by atoms with van der Waals surface area (Å²) in [5, 5.41) is 14.3. The molecule has 0 aromatic carbocycles. The Morgan fingerprint density at radius 2 is 2.21 bits per heavy atom. The van der Waals surface area contributed by atoms with E-state index in [9.17, 15) is 5.11 Å². The molecule has 1 aliphatic heterocycles. The summed E-state index contributed by atoms with van der Waals surface area (Å²) in [4.78, 5) is 2.42. The first-order valence-corrected chi connectivity index (χ1v) is 8.00. The van der Waals surface area contributed by atoms with E-state index in [1.54, 1.807) is 0 Å². The summed E-state index contributed by atoms with van der Waals surface area (Å²) in [7, 11) is 0. The van der Waals surface area contributed by atoms with Gasteiger partial charge in [0, 0.05) is 19.6 Å². The fraction of sp³-hybridized carbons (Fsp3) is 0.786. The van der Waals surface area contributed by atoms with Gasteiger partial charge in [-0.15, -0.1) is 0 Å². The number of rotatable bonds is 5. The van der Waals surface area contributed by atoms with E-state index >= 15 is 0 Å². The molecule has 2 rings (SSSR count). The molecule has 1 aromatic heterocycles. The zero-order chi connectivity index (χ0) is 14.0. The number of hydrogen-bond donors (Lipinski definition) is 1. The van der Waals surface area contributed by atoms with Crippen LogP contribution in [0.5, 0.6) is 0 Å². The van der Waals surface area contributed by atoms with Gasteiger partial charge in [-0.2, -0.15) is 5.10 Å². The summed E-state index contributed by atoms with van der Waals surface area (Å²) in [5.74, 6) is 0.419. The average Bonchev–Trinajstić information content (AvgIpc) is 2.96. The molecule has 1 aliphatic rings. The van der Waals surface area contributed by atoms with Crippen LogP contribution in [0.1, 0.15) is 38.6 Å². The van der Waals surface area contributed by atoms with Gasteiger partial charge in [-0.1, -0.05) is 6.92 Å². The molecule has 108 valence electrons. The molecule has 0 aliphatic carbocycles. The molecule has 2 heterocycles. The molecule has 0 amide bonds. The van der Waals surface area contributed by atoms with Crippen LogP contribution in [0.25, 0.3) is 0 Å². The molecule has 1 fully saturated rings.